The summed E-state index contributed by atoms with van der Waals surface area (Å²) in [7, 11) is 0. The molecule has 11 heteroatoms. The van der Waals surface area contributed by atoms with Crippen LogP contribution in [0.2, 0.25) is 0 Å². The predicted octanol–water partition coefficient (Wildman–Crippen LogP) is 0.399. The number of nitrogens with zero attached hydrogens (tertiary/aromatic N) is 1. The highest BCUT2D eigenvalue weighted by molar-refractivity contribution is 5.84. The molecule has 0 saturated carbocycles. The van der Waals surface area contributed by atoms with Crippen LogP contribution in [0, 0.1) is 0 Å². The first-order chi connectivity index (χ1) is 16.5. The molecule has 11 nitrogen and oxygen atoms in total. The summed E-state index contributed by atoms with van der Waals surface area (Å²) in [5.74, 6) is 1.30. The zero-order valence-electron chi connectivity index (χ0n) is 17.9. The van der Waals surface area contributed by atoms with Crippen LogP contribution in [0.3, 0.4) is 0 Å². The van der Waals surface area contributed by atoms with E-state index in [0.29, 0.717) is 36.0 Å². The van der Waals surface area contributed by atoms with Gasteiger partial charge in [-0.25, -0.2) is 0 Å². The first kappa shape index (κ1) is 22.4. The number of aliphatic hydroxyl groups excluding tert-OH is 4. The second-order valence-electron chi connectivity index (χ2n) is 8.01. The van der Waals surface area contributed by atoms with E-state index in [-0.39, 0.29) is 11.5 Å². The van der Waals surface area contributed by atoms with E-state index in [1.54, 1.807) is 18.3 Å². The molecule has 0 aliphatic carbocycles. The van der Waals surface area contributed by atoms with Crippen LogP contribution in [0.25, 0.3) is 22.4 Å². The first-order valence-electron chi connectivity index (χ1n) is 10.7. The summed E-state index contributed by atoms with van der Waals surface area (Å²) in [5, 5.41) is 57.0. The fourth-order valence-electron chi connectivity index (χ4n) is 4.02. The van der Waals surface area contributed by atoms with E-state index in [1.165, 1.54) is 6.07 Å². The van der Waals surface area contributed by atoms with Crippen molar-refractivity contribution in [3.8, 4) is 45.4 Å². The smallest absolute Gasteiger partial charge is 0.229 e. The fraction of sp³-hybridized carbons (Fsp3) is 0.348. The molecule has 180 valence electrons. The van der Waals surface area contributed by atoms with E-state index in [1.807, 2.05) is 18.2 Å². The van der Waals surface area contributed by atoms with Crippen molar-refractivity contribution in [1.82, 2.24) is 10.2 Å². The van der Waals surface area contributed by atoms with Gasteiger partial charge in [-0.1, -0.05) is 6.07 Å². The van der Waals surface area contributed by atoms with Gasteiger partial charge in [-0.2, -0.15) is 5.10 Å². The molecule has 0 spiro atoms. The van der Waals surface area contributed by atoms with Crippen molar-refractivity contribution >= 4 is 0 Å². The normalized spacial score (nSPS) is 26.3. The van der Waals surface area contributed by atoms with E-state index in [2.05, 4.69) is 10.2 Å². The average Bonchev–Trinajstić information content (AvgIpc) is 3.34. The van der Waals surface area contributed by atoms with Gasteiger partial charge in [-0.05, 0) is 29.8 Å². The summed E-state index contributed by atoms with van der Waals surface area (Å²) in [5.41, 5.74) is 2.56. The minimum Gasteiger partial charge on any atom is -0.507 e. The number of phenols is 1. The molecule has 1 fully saturated rings. The summed E-state index contributed by atoms with van der Waals surface area (Å²) in [4.78, 5) is 0. The number of rotatable bonds is 5. The molecule has 0 bridgehead atoms. The summed E-state index contributed by atoms with van der Waals surface area (Å²) in [6, 6.07) is 10.0. The molecule has 3 heterocycles. The van der Waals surface area contributed by atoms with Gasteiger partial charge in [0.25, 0.3) is 0 Å². The lowest BCUT2D eigenvalue weighted by molar-refractivity contribution is -0.277. The molecule has 6 N–H and O–H groups in total. The van der Waals surface area contributed by atoms with Crippen molar-refractivity contribution in [2.45, 2.75) is 30.7 Å². The lowest BCUT2D eigenvalue weighted by Gasteiger charge is -2.39. The van der Waals surface area contributed by atoms with E-state index >= 15 is 0 Å². The Morgan fingerprint density at radius 1 is 0.941 bits per heavy atom. The molecule has 2 aliphatic heterocycles. The van der Waals surface area contributed by atoms with Crippen LogP contribution in [-0.2, 0) is 4.74 Å². The molecule has 1 saturated heterocycles. The van der Waals surface area contributed by atoms with E-state index in [0.717, 1.165) is 11.1 Å². The second kappa shape index (κ2) is 9.12. The average molecular weight is 472 g/mol. The second-order valence-corrected chi connectivity index (χ2v) is 8.01. The molecule has 2 aromatic carbocycles. The van der Waals surface area contributed by atoms with Crippen molar-refractivity contribution in [3.63, 3.8) is 0 Å². The number of hydrogen-bond donors (Lipinski definition) is 6. The van der Waals surface area contributed by atoms with Crippen molar-refractivity contribution < 1.29 is 44.5 Å². The molecule has 0 radical (unpaired) electrons. The Morgan fingerprint density at radius 2 is 1.74 bits per heavy atom. The Kier molecular flexibility index (Phi) is 6.02. The number of aromatic amines is 1. The van der Waals surface area contributed by atoms with Crippen molar-refractivity contribution in [2.75, 3.05) is 19.8 Å². The summed E-state index contributed by atoms with van der Waals surface area (Å²) < 4.78 is 22.1. The Labute approximate surface area is 193 Å². The Morgan fingerprint density at radius 3 is 2.50 bits per heavy atom. The van der Waals surface area contributed by atoms with Crippen LogP contribution < -0.4 is 14.2 Å². The Hall–Kier alpha value is -3.35. The summed E-state index contributed by atoms with van der Waals surface area (Å²) in [6.07, 6.45) is -5.44. The lowest BCUT2D eigenvalue weighted by atomic mass is 9.99. The van der Waals surface area contributed by atoms with Gasteiger partial charge in [-0.15, -0.1) is 0 Å². The minimum absolute atomic E-state index is 0.134. The molecule has 0 unspecified atom stereocenters. The Balaban J connectivity index is 1.39. The SMILES string of the molecule is OC[C@@H]1O[C@H](Oc2ccc(-c3[nH]ncc3-c3ccc4c(c3)OCCO4)c(O)c2)[C@@H](O)[C@H](O)[C@H]1O. The molecule has 3 aromatic rings. The quantitative estimate of drug-likeness (QED) is 0.306. The largest absolute Gasteiger partial charge is 0.507 e. The maximum Gasteiger partial charge on any atom is 0.229 e. The number of nitrogens with one attached hydrogen (secondary N) is 1. The maximum atomic E-state index is 10.7. The van der Waals surface area contributed by atoms with Crippen molar-refractivity contribution in [3.05, 3.63) is 42.6 Å². The first-order valence-corrected chi connectivity index (χ1v) is 10.7. The van der Waals surface area contributed by atoms with Crippen molar-refractivity contribution in [1.29, 1.82) is 0 Å². The van der Waals surface area contributed by atoms with Gasteiger partial charge in [0.1, 0.15) is 49.1 Å². The van der Waals surface area contributed by atoms with Crippen LogP contribution in [-0.4, -0.2) is 86.3 Å². The van der Waals surface area contributed by atoms with Crippen LogP contribution in [0.1, 0.15) is 0 Å². The standard InChI is InChI=1S/C23H24N2O9/c26-10-18-20(28)21(29)22(30)23(34-18)33-12-2-3-13(15(27)8-12)19-14(9-24-25-19)11-1-4-16-17(7-11)32-6-5-31-16/h1-4,7-9,18,20-23,26-30H,5-6,10H2,(H,24,25)/t18-,20-,21+,22-,23-/m0/s1. The van der Waals surface area contributed by atoms with E-state index < -0.39 is 37.3 Å². The van der Waals surface area contributed by atoms with Gasteiger partial charge in [0.05, 0.1) is 18.5 Å². The van der Waals surface area contributed by atoms with E-state index in [4.69, 9.17) is 18.9 Å². The summed E-state index contributed by atoms with van der Waals surface area (Å²) in [6.45, 7) is 0.386. The van der Waals surface area contributed by atoms with Crippen LogP contribution in [0.5, 0.6) is 23.0 Å². The molecule has 5 atom stereocenters. The molecular formula is C23H24N2O9. The van der Waals surface area contributed by atoms with Gasteiger partial charge in [0.2, 0.25) is 6.29 Å². The lowest BCUT2D eigenvalue weighted by Crippen LogP contribution is -2.60. The van der Waals surface area contributed by atoms with Gasteiger partial charge in [-0.3, -0.25) is 5.10 Å². The number of aromatic nitrogens is 2. The number of ether oxygens (including phenoxy) is 4. The number of H-pyrrole nitrogens is 1. The molecule has 1 aromatic heterocycles. The van der Waals surface area contributed by atoms with Gasteiger partial charge in [0, 0.05) is 17.2 Å². The van der Waals surface area contributed by atoms with Crippen LogP contribution >= 0.6 is 0 Å². The maximum absolute atomic E-state index is 10.7. The monoisotopic (exact) mass is 472 g/mol. The summed E-state index contributed by atoms with van der Waals surface area (Å²) >= 11 is 0. The van der Waals surface area contributed by atoms with Crippen molar-refractivity contribution in [2.24, 2.45) is 0 Å². The number of benzene rings is 2. The third kappa shape index (κ3) is 4.04. The minimum atomic E-state index is -1.57. The highest BCUT2D eigenvalue weighted by Crippen LogP contribution is 2.40. The third-order valence-electron chi connectivity index (χ3n) is 5.83. The van der Waals surface area contributed by atoms with Crippen LogP contribution in [0.4, 0.5) is 0 Å². The molecule has 2 aliphatic rings. The number of hydrogen-bond acceptors (Lipinski definition) is 10. The third-order valence-corrected chi connectivity index (χ3v) is 5.83. The number of aliphatic hydroxyl groups is 4. The molecule has 5 rings (SSSR count). The Bertz CT molecular complexity index is 1170. The van der Waals surface area contributed by atoms with Gasteiger partial charge >= 0.3 is 0 Å². The predicted molar refractivity (Wildman–Crippen MR) is 117 cm³/mol. The fourth-order valence-corrected chi connectivity index (χ4v) is 4.02. The van der Waals surface area contributed by atoms with Crippen LogP contribution in [0.15, 0.2) is 42.6 Å². The molecular weight excluding hydrogens is 448 g/mol. The highest BCUT2D eigenvalue weighted by Gasteiger charge is 2.44. The van der Waals surface area contributed by atoms with E-state index in [9.17, 15) is 25.5 Å². The number of fused-ring (bicyclic) bond motifs is 1. The highest BCUT2D eigenvalue weighted by atomic mass is 16.7. The zero-order valence-corrected chi connectivity index (χ0v) is 17.9. The number of phenolic OH excluding ortho intramolecular Hbond substituents is 1. The number of aromatic hydroxyl groups is 1. The van der Waals surface area contributed by atoms with Gasteiger partial charge in [0.15, 0.2) is 11.5 Å². The molecule has 0 amide bonds. The topological polar surface area (TPSA) is 167 Å². The molecule has 34 heavy (non-hydrogen) atoms. The zero-order chi connectivity index (χ0) is 23.8. The van der Waals surface area contributed by atoms with Gasteiger partial charge < -0.3 is 44.5 Å².